The van der Waals surface area contributed by atoms with Crippen molar-refractivity contribution in [1.82, 2.24) is 5.32 Å². The second kappa shape index (κ2) is 5.53. The first-order valence-corrected chi connectivity index (χ1v) is 8.10. The molecule has 3 rings (SSSR count). The van der Waals surface area contributed by atoms with Crippen molar-refractivity contribution in [2.45, 2.75) is 51.0 Å². The van der Waals surface area contributed by atoms with Gasteiger partial charge in [0.2, 0.25) is 0 Å². The highest BCUT2D eigenvalue weighted by atomic mass is 32.1. The lowest BCUT2D eigenvalue weighted by Gasteiger charge is -2.23. The second-order valence-electron chi connectivity index (χ2n) is 5.82. The number of rotatable bonds is 6. The number of hydrogen-bond acceptors (Lipinski definition) is 2. The molecule has 0 saturated heterocycles. The topological polar surface area (TPSA) is 12.0 Å². The van der Waals surface area contributed by atoms with Crippen molar-refractivity contribution < 1.29 is 0 Å². The molecule has 0 aliphatic heterocycles. The minimum absolute atomic E-state index is 0.862. The van der Waals surface area contributed by atoms with Crippen LogP contribution in [0.2, 0.25) is 0 Å². The molecule has 0 bridgehead atoms. The first-order valence-electron chi connectivity index (χ1n) is 7.16. The van der Waals surface area contributed by atoms with Gasteiger partial charge in [0.1, 0.15) is 0 Å². The third-order valence-electron chi connectivity index (χ3n) is 4.39. The first-order chi connectivity index (χ1) is 8.42. The molecule has 1 atom stereocenters. The third kappa shape index (κ3) is 3.32. The van der Waals surface area contributed by atoms with Crippen LogP contribution in [0, 0.1) is 11.8 Å². The van der Waals surface area contributed by atoms with E-state index in [0.29, 0.717) is 0 Å². The molecule has 2 aliphatic carbocycles. The van der Waals surface area contributed by atoms with Crippen molar-refractivity contribution in [1.29, 1.82) is 0 Å². The Morgan fingerprint density at radius 1 is 1.24 bits per heavy atom. The minimum atomic E-state index is 0.862. The van der Waals surface area contributed by atoms with Crippen LogP contribution in [0.25, 0.3) is 0 Å². The highest BCUT2D eigenvalue weighted by molar-refractivity contribution is 7.07. The van der Waals surface area contributed by atoms with Crippen LogP contribution in [0.1, 0.15) is 44.1 Å². The van der Waals surface area contributed by atoms with Crippen molar-refractivity contribution in [3.8, 4) is 0 Å². The molecule has 2 heteroatoms. The standard InChI is InChI=1S/C15H23NS/c1-2-4-13(3-1)14(10-16-15-5-6-15)9-12-7-8-17-11-12/h7-8,11,13-16H,1-6,9-10H2. The molecule has 1 N–H and O–H groups in total. The summed E-state index contributed by atoms with van der Waals surface area (Å²) in [4.78, 5) is 0. The summed E-state index contributed by atoms with van der Waals surface area (Å²) in [6.45, 7) is 1.26. The number of nitrogens with one attached hydrogen (secondary N) is 1. The molecule has 1 aromatic rings. The molecule has 94 valence electrons. The zero-order valence-corrected chi connectivity index (χ0v) is 11.3. The fraction of sp³-hybridized carbons (Fsp3) is 0.733. The Morgan fingerprint density at radius 2 is 2.06 bits per heavy atom. The van der Waals surface area contributed by atoms with Gasteiger partial charge in [-0.1, -0.05) is 25.7 Å². The molecule has 2 saturated carbocycles. The van der Waals surface area contributed by atoms with Crippen LogP contribution < -0.4 is 5.32 Å². The molecule has 2 fully saturated rings. The molecule has 1 unspecified atom stereocenters. The van der Waals surface area contributed by atoms with Gasteiger partial charge in [0.05, 0.1) is 0 Å². The Balaban J connectivity index is 1.57. The van der Waals surface area contributed by atoms with Crippen LogP contribution in [0.3, 0.4) is 0 Å². The predicted octanol–water partition coefficient (Wildman–Crippen LogP) is 3.85. The fourth-order valence-corrected chi connectivity index (χ4v) is 3.83. The lowest BCUT2D eigenvalue weighted by molar-refractivity contribution is 0.320. The maximum Gasteiger partial charge on any atom is 0.00683 e. The summed E-state index contributed by atoms with van der Waals surface area (Å²) in [5.41, 5.74) is 1.56. The van der Waals surface area contributed by atoms with E-state index in [2.05, 4.69) is 22.1 Å². The quantitative estimate of drug-likeness (QED) is 0.807. The molecule has 0 spiro atoms. The van der Waals surface area contributed by atoms with E-state index in [1.54, 1.807) is 5.56 Å². The lowest BCUT2D eigenvalue weighted by Crippen LogP contribution is -2.30. The van der Waals surface area contributed by atoms with Crippen molar-refractivity contribution >= 4 is 11.3 Å². The smallest absolute Gasteiger partial charge is 0.00683 e. The molecule has 0 amide bonds. The fourth-order valence-electron chi connectivity index (χ4n) is 3.15. The maximum atomic E-state index is 3.75. The van der Waals surface area contributed by atoms with Gasteiger partial charge in [-0.3, -0.25) is 0 Å². The third-order valence-corrected chi connectivity index (χ3v) is 5.12. The van der Waals surface area contributed by atoms with Crippen LogP contribution in [-0.4, -0.2) is 12.6 Å². The van der Waals surface area contributed by atoms with Gasteiger partial charge in [-0.05, 0) is 60.0 Å². The predicted molar refractivity (Wildman–Crippen MR) is 74.5 cm³/mol. The van der Waals surface area contributed by atoms with Crippen LogP contribution >= 0.6 is 11.3 Å². The molecule has 1 nitrogen and oxygen atoms in total. The largest absolute Gasteiger partial charge is 0.314 e. The van der Waals surface area contributed by atoms with E-state index in [9.17, 15) is 0 Å². The normalized spacial score (nSPS) is 23.1. The van der Waals surface area contributed by atoms with Crippen LogP contribution in [0.5, 0.6) is 0 Å². The van der Waals surface area contributed by atoms with Crippen molar-refractivity contribution in [3.63, 3.8) is 0 Å². The summed E-state index contributed by atoms with van der Waals surface area (Å²) in [5, 5.41) is 8.30. The van der Waals surface area contributed by atoms with Gasteiger partial charge in [0.15, 0.2) is 0 Å². The SMILES string of the molecule is c1cc(CC(CNC2CC2)C2CCCC2)cs1. The van der Waals surface area contributed by atoms with Gasteiger partial charge in [-0.25, -0.2) is 0 Å². The van der Waals surface area contributed by atoms with Gasteiger partial charge in [0, 0.05) is 6.04 Å². The van der Waals surface area contributed by atoms with E-state index in [-0.39, 0.29) is 0 Å². The average molecular weight is 249 g/mol. The highest BCUT2D eigenvalue weighted by Gasteiger charge is 2.28. The van der Waals surface area contributed by atoms with Gasteiger partial charge in [-0.2, -0.15) is 11.3 Å². The molecule has 0 radical (unpaired) electrons. The van der Waals surface area contributed by atoms with Crippen molar-refractivity contribution in [2.75, 3.05) is 6.54 Å². The Labute approximate surface area is 109 Å². The Morgan fingerprint density at radius 3 is 2.71 bits per heavy atom. The second-order valence-corrected chi connectivity index (χ2v) is 6.60. The van der Waals surface area contributed by atoms with Gasteiger partial charge < -0.3 is 5.32 Å². The van der Waals surface area contributed by atoms with E-state index in [1.165, 1.54) is 51.5 Å². The zero-order valence-electron chi connectivity index (χ0n) is 10.5. The van der Waals surface area contributed by atoms with E-state index < -0.39 is 0 Å². The molecule has 0 aromatic carbocycles. The van der Waals surface area contributed by atoms with Gasteiger partial charge >= 0.3 is 0 Å². The van der Waals surface area contributed by atoms with Gasteiger partial charge in [-0.15, -0.1) is 0 Å². The summed E-state index contributed by atoms with van der Waals surface area (Å²) < 4.78 is 0. The Kier molecular flexibility index (Phi) is 3.82. The summed E-state index contributed by atoms with van der Waals surface area (Å²) in [6.07, 6.45) is 10.0. The molecule has 2 aliphatic rings. The summed E-state index contributed by atoms with van der Waals surface area (Å²) in [5.74, 6) is 1.87. The highest BCUT2D eigenvalue weighted by Crippen LogP contribution is 2.34. The van der Waals surface area contributed by atoms with Crippen LogP contribution in [0.4, 0.5) is 0 Å². The molecule has 1 heterocycles. The van der Waals surface area contributed by atoms with Crippen LogP contribution in [0.15, 0.2) is 16.8 Å². The van der Waals surface area contributed by atoms with Crippen molar-refractivity contribution in [3.05, 3.63) is 22.4 Å². The monoisotopic (exact) mass is 249 g/mol. The Bertz CT molecular complexity index is 323. The molecular formula is C15H23NS. The number of hydrogen-bond donors (Lipinski definition) is 1. The lowest BCUT2D eigenvalue weighted by atomic mass is 9.86. The van der Waals surface area contributed by atoms with Gasteiger partial charge in [0.25, 0.3) is 0 Å². The maximum absolute atomic E-state index is 3.75. The van der Waals surface area contributed by atoms with E-state index in [1.807, 2.05) is 11.3 Å². The first kappa shape index (κ1) is 11.7. The van der Waals surface area contributed by atoms with Crippen LogP contribution in [-0.2, 0) is 6.42 Å². The van der Waals surface area contributed by atoms with E-state index in [4.69, 9.17) is 0 Å². The average Bonchev–Trinajstić information content (AvgIpc) is 2.85. The summed E-state index contributed by atoms with van der Waals surface area (Å²) in [7, 11) is 0. The Hall–Kier alpha value is -0.340. The molecule has 1 aromatic heterocycles. The summed E-state index contributed by atoms with van der Waals surface area (Å²) >= 11 is 1.84. The zero-order chi connectivity index (χ0) is 11.5. The summed E-state index contributed by atoms with van der Waals surface area (Å²) in [6, 6.07) is 3.17. The van der Waals surface area contributed by atoms with E-state index in [0.717, 1.165) is 17.9 Å². The molecular weight excluding hydrogens is 226 g/mol. The minimum Gasteiger partial charge on any atom is -0.314 e. The van der Waals surface area contributed by atoms with E-state index >= 15 is 0 Å². The number of thiophene rings is 1. The molecule has 17 heavy (non-hydrogen) atoms. The van der Waals surface area contributed by atoms with Crippen molar-refractivity contribution in [2.24, 2.45) is 11.8 Å².